The molecule has 0 atom stereocenters. The number of aromatic amines is 1. The lowest BCUT2D eigenvalue weighted by atomic mass is 10.1. The van der Waals surface area contributed by atoms with Crippen LogP contribution in [0.15, 0.2) is 24.3 Å². The fourth-order valence-corrected chi connectivity index (χ4v) is 1.68. The van der Waals surface area contributed by atoms with Crippen LogP contribution in [0.5, 0.6) is 0 Å². The molecule has 0 spiro atoms. The van der Waals surface area contributed by atoms with Crippen molar-refractivity contribution in [3.63, 3.8) is 0 Å². The Hall–Kier alpha value is -2.68. The Balaban J connectivity index is 2.56. The summed E-state index contributed by atoms with van der Waals surface area (Å²) in [6, 6.07) is 7.45. The van der Waals surface area contributed by atoms with Crippen LogP contribution in [0.25, 0.3) is 11.3 Å². The van der Waals surface area contributed by atoms with E-state index in [0.29, 0.717) is 5.56 Å². The molecule has 0 bridgehead atoms. The van der Waals surface area contributed by atoms with E-state index in [9.17, 15) is 9.18 Å². The predicted molar refractivity (Wildman–Crippen MR) is 64.7 cm³/mol. The molecule has 1 N–H and O–H groups in total. The number of nitriles is 1. The lowest BCUT2D eigenvalue weighted by Gasteiger charge is -2.03. The maximum Gasteiger partial charge on any atom is 0.343 e. The quantitative estimate of drug-likeness (QED) is 0.857. The van der Waals surface area contributed by atoms with Crippen LogP contribution < -0.4 is 0 Å². The highest BCUT2D eigenvalue weighted by molar-refractivity contribution is 5.98. The van der Waals surface area contributed by atoms with Gasteiger partial charge in [-0.25, -0.2) is 9.18 Å². The van der Waals surface area contributed by atoms with Gasteiger partial charge in [-0.05, 0) is 19.1 Å². The van der Waals surface area contributed by atoms with E-state index in [-0.39, 0.29) is 23.6 Å². The minimum atomic E-state index is -0.660. The molecule has 0 unspecified atom stereocenters. The van der Waals surface area contributed by atoms with Gasteiger partial charge in [0.1, 0.15) is 17.4 Å². The van der Waals surface area contributed by atoms with Gasteiger partial charge >= 0.3 is 5.97 Å². The Morgan fingerprint density at radius 3 is 3.00 bits per heavy atom. The van der Waals surface area contributed by atoms with E-state index in [0.717, 1.165) is 0 Å². The third-order valence-electron chi connectivity index (χ3n) is 2.47. The van der Waals surface area contributed by atoms with Crippen LogP contribution in [0.2, 0.25) is 0 Å². The van der Waals surface area contributed by atoms with Crippen LogP contribution in [0.1, 0.15) is 23.0 Å². The summed E-state index contributed by atoms with van der Waals surface area (Å²) in [5, 5.41) is 15.2. The van der Waals surface area contributed by atoms with Crippen molar-refractivity contribution in [3.05, 3.63) is 41.3 Å². The molecule has 0 radical (unpaired) electrons. The molecule has 1 aromatic carbocycles. The monoisotopic (exact) mass is 259 g/mol. The number of halogens is 1. The van der Waals surface area contributed by atoms with Crippen molar-refractivity contribution in [2.75, 3.05) is 6.61 Å². The fourth-order valence-electron chi connectivity index (χ4n) is 1.68. The second-order valence-electron chi connectivity index (χ2n) is 3.66. The van der Waals surface area contributed by atoms with Gasteiger partial charge in [-0.1, -0.05) is 12.1 Å². The second-order valence-corrected chi connectivity index (χ2v) is 3.66. The van der Waals surface area contributed by atoms with Crippen LogP contribution in [0, 0.1) is 17.1 Å². The predicted octanol–water partition coefficient (Wildman–Crippen LogP) is 2.26. The van der Waals surface area contributed by atoms with E-state index in [1.165, 1.54) is 18.2 Å². The first-order chi connectivity index (χ1) is 9.17. The molecule has 0 saturated carbocycles. The number of aromatic nitrogens is 2. The lowest BCUT2D eigenvalue weighted by molar-refractivity contribution is 0.0527. The van der Waals surface area contributed by atoms with E-state index in [1.807, 2.05) is 0 Å². The van der Waals surface area contributed by atoms with Crippen LogP contribution in [0.4, 0.5) is 4.39 Å². The Bertz CT molecular complexity index is 658. The molecule has 0 aliphatic heterocycles. The normalized spacial score (nSPS) is 9.95. The fraction of sp³-hybridized carbons (Fsp3) is 0.154. The van der Waals surface area contributed by atoms with E-state index in [1.54, 1.807) is 19.1 Å². The summed E-state index contributed by atoms with van der Waals surface area (Å²) in [7, 11) is 0. The van der Waals surface area contributed by atoms with Crippen molar-refractivity contribution < 1.29 is 13.9 Å². The number of benzene rings is 1. The molecule has 2 rings (SSSR count). The molecule has 1 heterocycles. The molecule has 96 valence electrons. The Kier molecular flexibility index (Phi) is 3.57. The summed E-state index contributed by atoms with van der Waals surface area (Å²) in [5.41, 5.74) is 0.652. The number of carbonyl (C=O) groups excluding carboxylic acids is 1. The van der Waals surface area contributed by atoms with E-state index >= 15 is 0 Å². The summed E-state index contributed by atoms with van der Waals surface area (Å²) in [5.74, 6) is -1.10. The van der Waals surface area contributed by atoms with Gasteiger partial charge in [-0.15, -0.1) is 0 Å². The molecule has 6 heteroatoms. The molecule has 0 saturated heterocycles. The third-order valence-corrected chi connectivity index (χ3v) is 2.47. The van der Waals surface area contributed by atoms with E-state index < -0.39 is 11.8 Å². The molecular formula is C13H10FN3O2. The highest BCUT2D eigenvalue weighted by Crippen LogP contribution is 2.25. The average Bonchev–Trinajstić information content (AvgIpc) is 2.82. The highest BCUT2D eigenvalue weighted by Gasteiger charge is 2.22. The number of nitrogens with zero attached hydrogens (tertiary/aromatic N) is 2. The molecular weight excluding hydrogens is 249 g/mol. The summed E-state index contributed by atoms with van der Waals surface area (Å²) in [6.07, 6.45) is 0. The van der Waals surface area contributed by atoms with E-state index in [2.05, 4.69) is 10.2 Å². The molecule has 0 aliphatic rings. The van der Waals surface area contributed by atoms with Gasteiger partial charge in [0.25, 0.3) is 0 Å². The molecule has 2 aromatic rings. The van der Waals surface area contributed by atoms with E-state index in [4.69, 9.17) is 10.00 Å². The third kappa shape index (κ3) is 2.45. The lowest BCUT2D eigenvalue weighted by Crippen LogP contribution is -2.07. The van der Waals surface area contributed by atoms with Gasteiger partial charge in [0, 0.05) is 5.56 Å². The molecule has 19 heavy (non-hydrogen) atoms. The number of ether oxygens (including phenoxy) is 1. The number of nitrogens with one attached hydrogen (secondary N) is 1. The van der Waals surface area contributed by atoms with Crippen molar-refractivity contribution in [3.8, 4) is 17.3 Å². The van der Waals surface area contributed by atoms with Crippen molar-refractivity contribution in [2.24, 2.45) is 0 Å². The zero-order valence-corrected chi connectivity index (χ0v) is 10.1. The Morgan fingerprint density at radius 1 is 1.58 bits per heavy atom. The number of H-pyrrole nitrogens is 1. The average molecular weight is 259 g/mol. The van der Waals surface area contributed by atoms with Crippen LogP contribution in [-0.2, 0) is 4.74 Å². The van der Waals surface area contributed by atoms with Crippen LogP contribution in [-0.4, -0.2) is 22.8 Å². The summed E-state index contributed by atoms with van der Waals surface area (Å²) in [4.78, 5) is 11.8. The smallest absolute Gasteiger partial charge is 0.343 e. The van der Waals surface area contributed by atoms with Gasteiger partial charge < -0.3 is 4.74 Å². The van der Waals surface area contributed by atoms with Gasteiger partial charge in [-0.3, -0.25) is 5.10 Å². The van der Waals surface area contributed by atoms with Gasteiger partial charge in [0.05, 0.1) is 12.3 Å². The standard InChI is InChI=1S/C13H10FN3O2/c1-2-19-13(18)11-10(7-15)16-17-12(11)8-4-3-5-9(14)6-8/h3-6H,2H2,1H3,(H,16,17). The van der Waals surface area contributed by atoms with Gasteiger partial charge in [-0.2, -0.15) is 10.4 Å². The first-order valence-electron chi connectivity index (χ1n) is 5.59. The highest BCUT2D eigenvalue weighted by atomic mass is 19.1. The van der Waals surface area contributed by atoms with Crippen LogP contribution in [0.3, 0.4) is 0 Å². The van der Waals surface area contributed by atoms with Crippen molar-refractivity contribution in [2.45, 2.75) is 6.92 Å². The molecule has 0 fully saturated rings. The number of hydrogen-bond acceptors (Lipinski definition) is 4. The topological polar surface area (TPSA) is 78.8 Å². The van der Waals surface area contributed by atoms with Crippen molar-refractivity contribution in [1.82, 2.24) is 10.2 Å². The Labute approximate surface area is 108 Å². The molecule has 0 aliphatic carbocycles. The Morgan fingerprint density at radius 2 is 2.37 bits per heavy atom. The number of esters is 1. The maximum absolute atomic E-state index is 13.2. The first kappa shape index (κ1) is 12.8. The zero-order valence-electron chi connectivity index (χ0n) is 10.1. The van der Waals surface area contributed by atoms with Crippen molar-refractivity contribution in [1.29, 1.82) is 5.26 Å². The maximum atomic E-state index is 13.2. The summed E-state index contributed by atoms with van der Waals surface area (Å²) >= 11 is 0. The zero-order chi connectivity index (χ0) is 13.8. The number of carbonyl (C=O) groups is 1. The second kappa shape index (κ2) is 5.31. The number of rotatable bonds is 3. The molecule has 1 aromatic heterocycles. The van der Waals surface area contributed by atoms with Crippen molar-refractivity contribution >= 4 is 5.97 Å². The number of hydrogen-bond donors (Lipinski definition) is 1. The summed E-state index contributed by atoms with van der Waals surface area (Å²) in [6.45, 7) is 1.84. The molecule has 0 amide bonds. The van der Waals surface area contributed by atoms with Gasteiger partial charge in [0.2, 0.25) is 0 Å². The minimum Gasteiger partial charge on any atom is -0.462 e. The SMILES string of the molecule is CCOC(=O)c1c(C#N)n[nH]c1-c1cccc(F)c1. The minimum absolute atomic E-state index is 0.0231. The first-order valence-corrected chi connectivity index (χ1v) is 5.59. The largest absolute Gasteiger partial charge is 0.462 e. The van der Waals surface area contributed by atoms with Gasteiger partial charge in [0.15, 0.2) is 5.69 Å². The summed E-state index contributed by atoms with van der Waals surface area (Å²) < 4.78 is 18.1. The molecule has 5 nitrogen and oxygen atoms in total. The van der Waals surface area contributed by atoms with Crippen LogP contribution >= 0.6 is 0 Å².